The van der Waals surface area contributed by atoms with Crippen molar-refractivity contribution in [2.24, 2.45) is 11.8 Å². The molecule has 1 atom stereocenters. The largest absolute Gasteiger partial charge is 0.480 e. The van der Waals surface area contributed by atoms with Gasteiger partial charge in [-0.1, -0.05) is 0 Å². The van der Waals surface area contributed by atoms with Gasteiger partial charge in [0.2, 0.25) is 0 Å². The van der Waals surface area contributed by atoms with Crippen molar-refractivity contribution < 1.29 is 9.90 Å². The lowest BCUT2D eigenvalue weighted by atomic mass is 10.2. The van der Waals surface area contributed by atoms with Gasteiger partial charge in [0.15, 0.2) is 0 Å². The minimum absolute atomic E-state index is 0.140. The van der Waals surface area contributed by atoms with Gasteiger partial charge in [-0.2, -0.15) is 0 Å². The van der Waals surface area contributed by atoms with Gasteiger partial charge in [-0.25, -0.2) is 0 Å². The average Bonchev–Trinajstić information content (AvgIpc) is 3.01. The average molecular weight is 266 g/mol. The van der Waals surface area contributed by atoms with Crippen LogP contribution in [0, 0.1) is 11.8 Å². The number of aliphatic carboxylic acids is 1. The zero-order valence-corrected chi connectivity index (χ0v) is 10.7. The predicted octanol–water partition coefficient (Wildman–Crippen LogP) is 2.37. The molecule has 0 amide bonds. The Labute approximate surface area is 106 Å². The highest BCUT2D eigenvalue weighted by molar-refractivity contribution is 6.50. The van der Waals surface area contributed by atoms with E-state index in [1.54, 1.807) is 0 Å². The zero-order chi connectivity index (χ0) is 11.8. The summed E-state index contributed by atoms with van der Waals surface area (Å²) in [5.74, 6) is 0.320. The molecule has 5 heteroatoms. The van der Waals surface area contributed by atoms with E-state index in [4.69, 9.17) is 28.3 Å². The molecule has 0 aromatic rings. The topological polar surface area (TPSA) is 40.5 Å². The second kappa shape index (κ2) is 4.71. The summed E-state index contributed by atoms with van der Waals surface area (Å²) in [4.78, 5) is 12.7. The summed E-state index contributed by atoms with van der Waals surface area (Å²) in [5.41, 5.74) is 0. The van der Waals surface area contributed by atoms with Crippen LogP contribution in [0.5, 0.6) is 0 Å². The fourth-order valence-electron chi connectivity index (χ4n) is 2.01. The van der Waals surface area contributed by atoms with Crippen LogP contribution in [0.1, 0.15) is 25.7 Å². The third kappa shape index (κ3) is 3.79. The SMILES string of the molecule is O=C(O)CN(CCC1CC1(Cl)Cl)CC1CC1. The molecule has 3 nitrogen and oxygen atoms in total. The number of carbonyl (C=O) groups is 1. The Hall–Kier alpha value is 0.01000. The van der Waals surface area contributed by atoms with E-state index in [-0.39, 0.29) is 6.54 Å². The van der Waals surface area contributed by atoms with Crippen molar-refractivity contribution >= 4 is 29.2 Å². The highest BCUT2D eigenvalue weighted by Crippen LogP contribution is 2.54. The normalized spacial score (nSPS) is 27.1. The van der Waals surface area contributed by atoms with Crippen molar-refractivity contribution in [1.29, 1.82) is 0 Å². The lowest BCUT2D eigenvalue weighted by Crippen LogP contribution is -2.33. The molecular formula is C11H17Cl2NO2. The Morgan fingerprint density at radius 1 is 1.44 bits per heavy atom. The van der Waals surface area contributed by atoms with E-state index in [0.29, 0.717) is 5.92 Å². The van der Waals surface area contributed by atoms with Crippen LogP contribution >= 0.6 is 23.2 Å². The van der Waals surface area contributed by atoms with Gasteiger partial charge in [0, 0.05) is 6.54 Å². The summed E-state index contributed by atoms with van der Waals surface area (Å²) in [5, 5.41) is 8.81. The molecule has 0 spiro atoms. The molecule has 1 N–H and O–H groups in total. The van der Waals surface area contributed by atoms with Crippen molar-refractivity contribution in [3.05, 3.63) is 0 Å². The molecule has 1 unspecified atom stereocenters. The summed E-state index contributed by atoms with van der Waals surface area (Å²) in [6, 6.07) is 0. The van der Waals surface area contributed by atoms with Crippen LogP contribution in [0.4, 0.5) is 0 Å². The van der Waals surface area contributed by atoms with Crippen LogP contribution in [-0.4, -0.2) is 39.9 Å². The van der Waals surface area contributed by atoms with Gasteiger partial charge in [0.05, 0.1) is 6.54 Å². The molecule has 92 valence electrons. The van der Waals surface area contributed by atoms with Crippen molar-refractivity contribution in [2.75, 3.05) is 19.6 Å². The molecule has 16 heavy (non-hydrogen) atoms. The van der Waals surface area contributed by atoms with Crippen LogP contribution in [-0.2, 0) is 4.79 Å². The molecule has 0 bridgehead atoms. The molecular weight excluding hydrogens is 249 g/mol. The summed E-state index contributed by atoms with van der Waals surface area (Å²) < 4.78 is -0.533. The summed E-state index contributed by atoms with van der Waals surface area (Å²) in [6.45, 7) is 1.85. The quantitative estimate of drug-likeness (QED) is 0.719. The molecule has 0 saturated heterocycles. The van der Waals surface area contributed by atoms with Gasteiger partial charge in [-0.05, 0) is 44.1 Å². The fraction of sp³-hybridized carbons (Fsp3) is 0.909. The Kier molecular flexibility index (Phi) is 3.67. The Morgan fingerprint density at radius 3 is 2.50 bits per heavy atom. The second-order valence-corrected chi connectivity index (χ2v) is 6.57. The molecule has 2 aliphatic carbocycles. The molecule has 2 fully saturated rings. The van der Waals surface area contributed by atoms with E-state index < -0.39 is 10.3 Å². The van der Waals surface area contributed by atoms with E-state index >= 15 is 0 Å². The molecule has 0 radical (unpaired) electrons. The highest BCUT2D eigenvalue weighted by atomic mass is 35.5. The van der Waals surface area contributed by atoms with Crippen LogP contribution in [0.15, 0.2) is 0 Å². The third-order valence-electron chi connectivity index (χ3n) is 3.32. The molecule has 0 aliphatic heterocycles. The molecule has 2 saturated carbocycles. The van der Waals surface area contributed by atoms with Crippen LogP contribution in [0.3, 0.4) is 0 Å². The maximum atomic E-state index is 10.7. The van der Waals surface area contributed by atoms with Crippen molar-refractivity contribution in [3.63, 3.8) is 0 Å². The molecule has 0 heterocycles. The van der Waals surface area contributed by atoms with Gasteiger partial charge in [0.25, 0.3) is 0 Å². The van der Waals surface area contributed by atoms with Crippen LogP contribution in [0.25, 0.3) is 0 Å². The number of carboxylic acids is 1. The third-order valence-corrected chi connectivity index (χ3v) is 4.25. The molecule has 2 rings (SSSR count). The summed E-state index contributed by atoms with van der Waals surface area (Å²) in [7, 11) is 0. The number of rotatable bonds is 7. The molecule has 0 aromatic heterocycles. The fourth-order valence-corrected chi connectivity index (χ4v) is 2.60. The summed E-state index contributed by atoms with van der Waals surface area (Å²) in [6.07, 6.45) is 4.25. The van der Waals surface area contributed by atoms with E-state index in [0.717, 1.165) is 31.8 Å². The minimum atomic E-state index is -0.751. The minimum Gasteiger partial charge on any atom is -0.480 e. The number of hydrogen-bond donors (Lipinski definition) is 1. The van der Waals surface area contributed by atoms with Crippen molar-refractivity contribution in [1.82, 2.24) is 4.90 Å². The Morgan fingerprint density at radius 2 is 2.06 bits per heavy atom. The van der Waals surface area contributed by atoms with Gasteiger partial charge in [-0.15, -0.1) is 23.2 Å². The molecule has 2 aliphatic rings. The first-order valence-corrected chi connectivity index (χ1v) is 6.55. The van der Waals surface area contributed by atoms with Crippen molar-refractivity contribution in [3.8, 4) is 0 Å². The van der Waals surface area contributed by atoms with E-state index in [2.05, 4.69) is 0 Å². The monoisotopic (exact) mass is 265 g/mol. The van der Waals surface area contributed by atoms with Crippen LogP contribution < -0.4 is 0 Å². The smallest absolute Gasteiger partial charge is 0.317 e. The highest BCUT2D eigenvalue weighted by Gasteiger charge is 2.50. The first-order chi connectivity index (χ1) is 7.47. The van der Waals surface area contributed by atoms with Gasteiger partial charge < -0.3 is 5.11 Å². The predicted molar refractivity (Wildman–Crippen MR) is 64.0 cm³/mol. The standard InChI is InChI=1S/C11H17Cl2NO2/c12-11(13)5-9(11)3-4-14(7-10(15)16)6-8-1-2-8/h8-9H,1-7H2,(H,15,16). The summed E-state index contributed by atoms with van der Waals surface area (Å²) >= 11 is 11.9. The lowest BCUT2D eigenvalue weighted by Gasteiger charge is -2.19. The first kappa shape index (κ1) is 12.5. The number of alkyl halides is 2. The zero-order valence-electron chi connectivity index (χ0n) is 9.16. The Balaban J connectivity index is 1.70. The maximum absolute atomic E-state index is 10.7. The van der Waals surface area contributed by atoms with Gasteiger partial charge in [0.1, 0.15) is 4.33 Å². The number of nitrogens with zero attached hydrogens (tertiary/aromatic N) is 1. The number of carboxylic acid groups (broad SMARTS) is 1. The first-order valence-electron chi connectivity index (χ1n) is 5.79. The van der Waals surface area contributed by atoms with E-state index in [1.165, 1.54) is 12.8 Å². The number of hydrogen-bond acceptors (Lipinski definition) is 2. The van der Waals surface area contributed by atoms with E-state index in [9.17, 15) is 4.79 Å². The van der Waals surface area contributed by atoms with Gasteiger partial charge in [-0.3, -0.25) is 9.69 Å². The number of halogens is 2. The van der Waals surface area contributed by atoms with Crippen LogP contribution in [0.2, 0.25) is 0 Å². The lowest BCUT2D eigenvalue weighted by molar-refractivity contribution is -0.138. The maximum Gasteiger partial charge on any atom is 0.317 e. The van der Waals surface area contributed by atoms with Gasteiger partial charge >= 0.3 is 5.97 Å². The van der Waals surface area contributed by atoms with Crippen molar-refractivity contribution in [2.45, 2.75) is 30.0 Å². The molecule has 0 aromatic carbocycles. The Bertz CT molecular complexity index is 279. The second-order valence-electron chi connectivity index (χ2n) is 5.02. The van der Waals surface area contributed by atoms with E-state index in [1.807, 2.05) is 4.90 Å².